The van der Waals surface area contributed by atoms with Crippen molar-refractivity contribution < 1.29 is 9.59 Å². The first kappa shape index (κ1) is 19.8. The van der Waals surface area contributed by atoms with Crippen LogP contribution in [0.2, 0.25) is 0 Å². The van der Waals surface area contributed by atoms with Gasteiger partial charge in [-0.15, -0.1) is 0 Å². The maximum atomic E-state index is 13.5. The van der Waals surface area contributed by atoms with Gasteiger partial charge in [-0.25, -0.2) is 0 Å². The monoisotopic (exact) mass is 372 g/mol. The predicted molar refractivity (Wildman–Crippen MR) is 105 cm³/mol. The number of rotatable bonds is 6. The fourth-order valence-corrected chi connectivity index (χ4v) is 4.50. The lowest BCUT2D eigenvalue weighted by molar-refractivity contribution is -0.141. The summed E-state index contributed by atoms with van der Waals surface area (Å²) in [5, 5.41) is 0. The van der Waals surface area contributed by atoms with Gasteiger partial charge in [0.05, 0.1) is 12.5 Å². The molecule has 0 radical (unpaired) electrons. The van der Waals surface area contributed by atoms with Gasteiger partial charge in [-0.1, -0.05) is 31.7 Å². The summed E-state index contributed by atoms with van der Waals surface area (Å²) in [6.07, 6.45) is 12.6. The number of nitrogens with zero attached hydrogens (tertiary/aromatic N) is 3. The minimum atomic E-state index is -0.320. The highest BCUT2D eigenvalue weighted by molar-refractivity contribution is 5.80. The van der Waals surface area contributed by atoms with Crippen molar-refractivity contribution in [2.24, 2.45) is 11.7 Å². The van der Waals surface area contributed by atoms with Gasteiger partial charge in [0.1, 0.15) is 0 Å². The summed E-state index contributed by atoms with van der Waals surface area (Å²) in [6.45, 7) is 2.36. The largest absolute Gasteiger partial charge is 0.369 e. The molecule has 2 amide bonds. The van der Waals surface area contributed by atoms with Gasteiger partial charge in [-0.05, 0) is 43.9 Å². The number of likely N-dealkylation sites (tertiary alicyclic amines) is 1. The highest BCUT2D eigenvalue weighted by Crippen LogP contribution is 2.27. The Morgan fingerprint density at radius 2 is 1.93 bits per heavy atom. The van der Waals surface area contributed by atoms with Crippen LogP contribution in [-0.2, 0) is 16.1 Å². The molecule has 6 nitrogen and oxygen atoms in total. The normalized spacial score (nSPS) is 22.1. The predicted octanol–water partition coefficient (Wildman–Crippen LogP) is 2.33. The number of aromatic nitrogens is 1. The average molecular weight is 373 g/mol. The van der Waals surface area contributed by atoms with E-state index in [9.17, 15) is 9.59 Å². The van der Waals surface area contributed by atoms with Gasteiger partial charge in [0.15, 0.2) is 0 Å². The van der Waals surface area contributed by atoms with Crippen LogP contribution in [-0.4, -0.2) is 52.3 Å². The van der Waals surface area contributed by atoms with Crippen molar-refractivity contribution in [3.8, 4) is 0 Å². The first-order valence-electron chi connectivity index (χ1n) is 10.3. The Morgan fingerprint density at radius 3 is 2.59 bits per heavy atom. The van der Waals surface area contributed by atoms with E-state index >= 15 is 0 Å². The standard InChI is InChI=1S/C21H32N4O2/c22-20(26)16-24-12-6-8-18(15-24)21(27)25(14-17-7-5-11-23-13-17)19-9-3-1-2-4-10-19/h5,7,11,13,18-19H,1-4,6,8-10,12,14-16H2,(H2,22,26). The molecule has 3 rings (SSSR count). The van der Waals surface area contributed by atoms with Crippen LogP contribution in [0.15, 0.2) is 24.5 Å². The molecular formula is C21H32N4O2. The third kappa shape index (κ3) is 5.76. The molecule has 1 aromatic heterocycles. The minimum absolute atomic E-state index is 0.0435. The third-order valence-corrected chi connectivity index (χ3v) is 5.86. The van der Waals surface area contributed by atoms with E-state index in [-0.39, 0.29) is 24.3 Å². The van der Waals surface area contributed by atoms with Gasteiger partial charge in [-0.2, -0.15) is 0 Å². The molecule has 2 fully saturated rings. The molecule has 27 heavy (non-hydrogen) atoms. The summed E-state index contributed by atoms with van der Waals surface area (Å²) in [5.41, 5.74) is 6.44. The van der Waals surface area contributed by atoms with Crippen LogP contribution in [0.5, 0.6) is 0 Å². The van der Waals surface area contributed by atoms with Gasteiger partial charge in [-0.3, -0.25) is 19.5 Å². The van der Waals surface area contributed by atoms with E-state index in [1.165, 1.54) is 25.7 Å². The number of piperidine rings is 1. The van der Waals surface area contributed by atoms with Gasteiger partial charge < -0.3 is 10.6 Å². The van der Waals surface area contributed by atoms with Gasteiger partial charge in [0.25, 0.3) is 0 Å². The van der Waals surface area contributed by atoms with E-state index in [0.717, 1.165) is 37.8 Å². The number of hydrogen-bond donors (Lipinski definition) is 1. The zero-order valence-corrected chi connectivity index (χ0v) is 16.2. The first-order valence-corrected chi connectivity index (χ1v) is 10.3. The average Bonchev–Trinajstić information content (AvgIpc) is 2.95. The molecule has 1 saturated heterocycles. The highest BCUT2D eigenvalue weighted by Gasteiger charge is 2.33. The molecule has 1 aliphatic carbocycles. The van der Waals surface area contributed by atoms with Gasteiger partial charge in [0.2, 0.25) is 11.8 Å². The Balaban J connectivity index is 1.73. The van der Waals surface area contributed by atoms with Crippen LogP contribution in [0.3, 0.4) is 0 Å². The van der Waals surface area contributed by atoms with Crippen molar-refractivity contribution in [2.45, 2.75) is 64.0 Å². The Hall–Kier alpha value is -1.95. The highest BCUT2D eigenvalue weighted by atomic mass is 16.2. The van der Waals surface area contributed by atoms with E-state index in [2.05, 4.69) is 9.88 Å². The molecule has 1 unspecified atom stereocenters. The summed E-state index contributed by atoms with van der Waals surface area (Å²) in [4.78, 5) is 33.2. The minimum Gasteiger partial charge on any atom is -0.369 e. The van der Waals surface area contributed by atoms with Crippen molar-refractivity contribution in [2.75, 3.05) is 19.6 Å². The number of hydrogen-bond acceptors (Lipinski definition) is 4. The lowest BCUT2D eigenvalue weighted by Crippen LogP contribution is -2.49. The topological polar surface area (TPSA) is 79.5 Å². The molecular weight excluding hydrogens is 340 g/mol. The second-order valence-corrected chi connectivity index (χ2v) is 8.01. The second kappa shape index (κ2) is 9.83. The lowest BCUT2D eigenvalue weighted by atomic mass is 9.94. The maximum Gasteiger partial charge on any atom is 0.231 e. The Labute approximate surface area is 162 Å². The van der Waals surface area contributed by atoms with Gasteiger partial charge >= 0.3 is 0 Å². The summed E-state index contributed by atoms with van der Waals surface area (Å²) >= 11 is 0. The molecule has 0 spiro atoms. The van der Waals surface area contributed by atoms with Crippen LogP contribution in [0.1, 0.15) is 56.9 Å². The molecule has 2 aliphatic rings. The van der Waals surface area contributed by atoms with Crippen molar-refractivity contribution >= 4 is 11.8 Å². The summed E-state index contributed by atoms with van der Waals surface area (Å²) in [5.74, 6) is -0.128. The van der Waals surface area contributed by atoms with Gasteiger partial charge in [0, 0.05) is 31.5 Å². The summed E-state index contributed by atoms with van der Waals surface area (Å²) in [6, 6.07) is 4.29. The van der Waals surface area contributed by atoms with Crippen LogP contribution in [0, 0.1) is 5.92 Å². The number of pyridine rings is 1. The maximum absolute atomic E-state index is 13.5. The number of carbonyl (C=O) groups is 2. The molecule has 1 saturated carbocycles. The van der Waals surface area contributed by atoms with E-state index in [4.69, 9.17) is 5.73 Å². The molecule has 148 valence electrons. The molecule has 0 aromatic carbocycles. The van der Waals surface area contributed by atoms with E-state index in [1.54, 1.807) is 6.20 Å². The molecule has 6 heteroatoms. The zero-order chi connectivity index (χ0) is 19.1. The first-order chi connectivity index (χ1) is 13.1. The van der Waals surface area contributed by atoms with Crippen LogP contribution >= 0.6 is 0 Å². The number of amides is 2. The smallest absolute Gasteiger partial charge is 0.231 e. The molecule has 1 aromatic rings. The number of carbonyl (C=O) groups excluding carboxylic acids is 2. The fraction of sp³-hybridized carbons (Fsp3) is 0.667. The van der Waals surface area contributed by atoms with E-state index in [1.807, 2.05) is 23.2 Å². The SMILES string of the molecule is NC(=O)CN1CCCC(C(=O)N(Cc2cccnc2)C2CCCCCC2)C1. The summed E-state index contributed by atoms with van der Waals surface area (Å²) < 4.78 is 0. The van der Waals surface area contributed by atoms with Crippen molar-refractivity contribution in [1.29, 1.82) is 0 Å². The molecule has 2 heterocycles. The Kier molecular flexibility index (Phi) is 7.21. The van der Waals surface area contributed by atoms with Crippen molar-refractivity contribution in [1.82, 2.24) is 14.8 Å². The molecule has 0 bridgehead atoms. The van der Waals surface area contributed by atoms with Crippen LogP contribution in [0.25, 0.3) is 0 Å². The number of nitrogens with two attached hydrogens (primary N) is 1. The zero-order valence-electron chi connectivity index (χ0n) is 16.2. The second-order valence-electron chi connectivity index (χ2n) is 8.01. The lowest BCUT2D eigenvalue weighted by Gasteiger charge is -2.38. The van der Waals surface area contributed by atoms with Crippen LogP contribution in [0.4, 0.5) is 0 Å². The third-order valence-electron chi connectivity index (χ3n) is 5.86. The molecule has 2 N–H and O–H groups in total. The quantitative estimate of drug-likeness (QED) is 0.777. The van der Waals surface area contributed by atoms with Crippen LogP contribution < -0.4 is 5.73 Å². The number of primary amides is 1. The summed E-state index contributed by atoms with van der Waals surface area (Å²) in [7, 11) is 0. The van der Waals surface area contributed by atoms with E-state index in [0.29, 0.717) is 19.1 Å². The molecule has 1 atom stereocenters. The Morgan fingerprint density at radius 1 is 1.15 bits per heavy atom. The molecule has 1 aliphatic heterocycles. The van der Waals surface area contributed by atoms with E-state index < -0.39 is 0 Å². The Bertz CT molecular complexity index is 614. The van der Waals surface area contributed by atoms with Crippen molar-refractivity contribution in [3.63, 3.8) is 0 Å². The fourth-order valence-electron chi connectivity index (χ4n) is 4.50. The van der Waals surface area contributed by atoms with Crippen molar-refractivity contribution in [3.05, 3.63) is 30.1 Å².